The molecule has 0 aromatic heterocycles. The summed E-state index contributed by atoms with van der Waals surface area (Å²) < 4.78 is 41.2. The molecule has 20 heavy (non-hydrogen) atoms. The second kappa shape index (κ2) is 5.94. The van der Waals surface area contributed by atoms with E-state index in [1.807, 2.05) is 0 Å². The molecule has 1 aromatic carbocycles. The summed E-state index contributed by atoms with van der Waals surface area (Å²) in [5.41, 5.74) is 0.413. The van der Waals surface area contributed by atoms with Crippen LogP contribution in [-0.2, 0) is 0 Å². The molecule has 5 heteroatoms. The van der Waals surface area contributed by atoms with Crippen molar-refractivity contribution in [3.05, 3.63) is 24.3 Å². The highest BCUT2D eigenvalue weighted by molar-refractivity contribution is 5.57. The highest BCUT2D eigenvalue weighted by atomic mass is 19.4. The van der Waals surface area contributed by atoms with Gasteiger partial charge < -0.3 is 10.1 Å². The summed E-state index contributed by atoms with van der Waals surface area (Å²) in [4.78, 5) is 0. The predicted molar refractivity (Wildman–Crippen MR) is 72.7 cm³/mol. The minimum absolute atomic E-state index is 0.162. The first-order chi connectivity index (χ1) is 9.37. The van der Waals surface area contributed by atoms with Gasteiger partial charge in [0.2, 0.25) is 0 Å². The summed E-state index contributed by atoms with van der Waals surface area (Å²) in [5, 5.41) is 3.23. The first kappa shape index (κ1) is 15.0. The maximum absolute atomic E-state index is 12.4. The van der Waals surface area contributed by atoms with Crippen LogP contribution in [0.15, 0.2) is 24.3 Å². The number of hydrogen-bond donors (Lipinski definition) is 1. The van der Waals surface area contributed by atoms with Gasteiger partial charge in [-0.3, -0.25) is 0 Å². The van der Waals surface area contributed by atoms with Crippen LogP contribution in [0.2, 0.25) is 0 Å². The zero-order valence-electron chi connectivity index (χ0n) is 11.7. The van der Waals surface area contributed by atoms with E-state index >= 15 is 0 Å². The normalized spacial score (nSPS) is 27.1. The molecule has 3 unspecified atom stereocenters. The van der Waals surface area contributed by atoms with Crippen molar-refractivity contribution in [1.82, 2.24) is 0 Å². The van der Waals surface area contributed by atoms with Gasteiger partial charge in [-0.25, -0.2) is 0 Å². The van der Waals surface area contributed by atoms with E-state index in [-0.39, 0.29) is 11.8 Å². The fraction of sp³-hybridized carbons (Fsp3) is 0.600. The molecule has 0 saturated heterocycles. The Labute approximate surface area is 117 Å². The second-order valence-corrected chi connectivity index (χ2v) is 5.56. The lowest BCUT2D eigenvalue weighted by atomic mass is 9.78. The summed E-state index contributed by atoms with van der Waals surface area (Å²) in [5.74, 6) is 0.852. The van der Waals surface area contributed by atoms with Crippen molar-refractivity contribution < 1.29 is 17.9 Å². The van der Waals surface area contributed by atoms with Crippen molar-refractivity contribution in [2.75, 3.05) is 5.32 Å². The SMILES string of the molecule is CC1CCCC(Nc2ccccc2OC(F)(F)F)C1C. The summed E-state index contributed by atoms with van der Waals surface area (Å²) in [6.07, 6.45) is -1.40. The number of ether oxygens (including phenoxy) is 1. The first-order valence-electron chi connectivity index (χ1n) is 6.98. The molecule has 1 fully saturated rings. The van der Waals surface area contributed by atoms with E-state index in [2.05, 4.69) is 23.9 Å². The zero-order valence-corrected chi connectivity index (χ0v) is 11.7. The van der Waals surface area contributed by atoms with Crippen LogP contribution >= 0.6 is 0 Å². The van der Waals surface area contributed by atoms with E-state index in [1.54, 1.807) is 18.2 Å². The molecule has 1 aliphatic rings. The van der Waals surface area contributed by atoms with E-state index in [4.69, 9.17) is 0 Å². The minimum Gasteiger partial charge on any atom is -0.404 e. The number of para-hydroxylation sites is 2. The van der Waals surface area contributed by atoms with Gasteiger partial charge in [0, 0.05) is 6.04 Å². The third kappa shape index (κ3) is 3.81. The van der Waals surface area contributed by atoms with Gasteiger partial charge in [-0.15, -0.1) is 13.2 Å². The van der Waals surface area contributed by atoms with Gasteiger partial charge in [0.25, 0.3) is 0 Å². The fourth-order valence-corrected chi connectivity index (χ4v) is 2.79. The van der Waals surface area contributed by atoms with Gasteiger partial charge in [0.05, 0.1) is 5.69 Å². The van der Waals surface area contributed by atoms with Gasteiger partial charge in [0.1, 0.15) is 0 Å². The Bertz CT molecular complexity index is 447. The van der Waals surface area contributed by atoms with Crippen molar-refractivity contribution in [2.45, 2.75) is 45.5 Å². The lowest BCUT2D eigenvalue weighted by molar-refractivity contribution is -0.274. The monoisotopic (exact) mass is 287 g/mol. The number of anilines is 1. The maximum Gasteiger partial charge on any atom is 0.573 e. The lowest BCUT2D eigenvalue weighted by Gasteiger charge is -2.35. The number of alkyl halides is 3. The quantitative estimate of drug-likeness (QED) is 0.860. The minimum atomic E-state index is -4.66. The average molecular weight is 287 g/mol. The molecule has 1 N–H and O–H groups in total. The standard InChI is InChI=1S/C15H20F3NO/c1-10-6-5-8-12(11(10)2)19-13-7-3-4-9-14(13)20-15(16,17)18/h3-4,7,9-12,19H,5-6,8H2,1-2H3. The van der Waals surface area contributed by atoms with E-state index in [9.17, 15) is 13.2 Å². The molecule has 0 heterocycles. The number of halogens is 3. The van der Waals surface area contributed by atoms with Gasteiger partial charge in [-0.05, 0) is 30.4 Å². The Morgan fingerprint density at radius 1 is 1.15 bits per heavy atom. The van der Waals surface area contributed by atoms with Crippen LogP contribution in [-0.4, -0.2) is 12.4 Å². The number of benzene rings is 1. The van der Waals surface area contributed by atoms with Crippen LogP contribution in [0.4, 0.5) is 18.9 Å². The van der Waals surface area contributed by atoms with Gasteiger partial charge in [-0.1, -0.05) is 38.8 Å². The van der Waals surface area contributed by atoms with Crippen molar-refractivity contribution in [3.63, 3.8) is 0 Å². The van der Waals surface area contributed by atoms with Crippen molar-refractivity contribution in [1.29, 1.82) is 0 Å². The molecule has 3 atom stereocenters. The molecule has 0 aliphatic heterocycles. The van der Waals surface area contributed by atoms with Crippen LogP contribution in [0.25, 0.3) is 0 Å². The summed E-state index contributed by atoms with van der Waals surface area (Å²) >= 11 is 0. The molecule has 1 saturated carbocycles. The van der Waals surface area contributed by atoms with Crippen molar-refractivity contribution in [2.24, 2.45) is 11.8 Å². The van der Waals surface area contributed by atoms with Gasteiger partial charge in [-0.2, -0.15) is 0 Å². The predicted octanol–water partition coefficient (Wildman–Crippen LogP) is 4.82. The number of nitrogens with one attached hydrogen (secondary N) is 1. The molecule has 0 bridgehead atoms. The Hall–Kier alpha value is -1.39. The molecule has 112 valence electrons. The zero-order chi connectivity index (χ0) is 14.8. The molecule has 1 aliphatic carbocycles. The Morgan fingerprint density at radius 3 is 2.55 bits per heavy atom. The third-order valence-electron chi connectivity index (χ3n) is 4.16. The van der Waals surface area contributed by atoms with Crippen LogP contribution in [0.1, 0.15) is 33.1 Å². The maximum atomic E-state index is 12.4. The average Bonchev–Trinajstić information content (AvgIpc) is 2.35. The van der Waals surface area contributed by atoms with Crippen LogP contribution in [0.5, 0.6) is 5.75 Å². The molecule has 0 radical (unpaired) electrons. The first-order valence-corrected chi connectivity index (χ1v) is 6.98. The molecule has 0 amide bonds. The van der Waals surface area contributed by atoms with Crippen molar-refractivity contribution in [3.8, 4) is 5.75 Å². The Morgan fingerprint density at radius 2 is 1.85 bits per heavy atom. The topological polar surface area (TPSA) is 21.3 Å². The van der Waals surface area contributed by atoms with Gasteiger partial charge >= 0.3 is 6.36 Å². The highest BCUT2D eigenvalue weighted by Gasteiger charge is 2.33. The van der Waals surface area contributed by atoms with E-state index in [0.717, 1.165) is 12.8 Å². The Balaban J connectivity index is 2.12. The van der Waals surface area contributed by atoms with Crippen LogP contribution in [0.3, 0.4) is 0 Å². The number of rotatable bonds is 3. The molecular weight excluding hydrogens is 267 g/mol. The van der Waals surface area contributed by atoms with E-state index < -0.39 is 6.36 Å². The molecule has 2 nitrogen and oxygen atoms in total. The summed E-state index contributed by atoms with van der Waals surface area (Å²) in [7, 11) is 0. The van der Waals surface area contributed by atoms with E-state index in [0.29, 0.717) is 17.5 Å². The third-order valence-corrected chi connectivity index (χ3v) is 4.16. The van der Waals surface area contributed by atoms with Crippen LogP contribution < -0.4 is 10.1 Å². The fourth-order valence-electron chi connectivity index (χ4n) is 2.79. The molecule has 1 aromatic rings. The lowest BCUT2D eigenvalue weighted by Crippen LogP contribution is -2.35. The smallest absolute Gasteiger partial charge is 0.404 e. The summed E-state index contributed by atoms with van der Waals surface area (Å²) in [6.45, 7) is 4.34. The molecular formula is C15H20F3NO. The largest absolute Gasteiger partial charge is 0.573 e. The highest BCUT2D eigenvalue weighted by Crippen LogP contribution is 2.35. The number of hydrogen-bond acceptors (Lipinski definition) is 2. The Kier molecular flexibility index (Phi) is 4.45. The molecule has 0 spiro atoms. The van der Waals surface area contributed by atoms with Crippen molar-refractivity contribution >= 4 is 5.69 Å². The molecule has 2 rings (SSSR count). The summed E-state index contributed by atoms with van der Waals surface area (Å²) in [6, 6.07) is 6.42. The van der Waals surface area contributed by atoms with Gasteiger partial charge in [0.15, 0.2) is 5.75 Å². The van der Waals surface area contributed by atoms with Crippen LogP contribution in [0, 0.1) is 11.8 Å². The van der Waals surface area contributed by atoms with E-state index in [1.165, 1.54) is 12.5 Å². The second-order valence-electron chi connectivity index (χ2n) is 5.56.